The van der Waals surface area contributed by atoms with Gasteiger partial charge in [0.1, 0.15) is 5.82 Å². The number of amides is 2. The summed E-state index contributed by atoms with van der Waals surface area (Å²) < 4.78 is 34.7. The van der Waals surface area contributed by atoms with Crippen molar-refractivity contribution in [1.82, 2.24) is 19.2 Å². The molecule has 2 heterocycles. The molecule has 0 saturated heterocycles. The van der Waals surface area contributed by atoms with E-state index in [0.717, 1.165) is 35.3 Å². The second-order valence-corrected chi connectivity index (χ2v) is 12.7. The van der Waals surface area contributed by atoms with Crippen molar-refractivity contribution in [2.45, 2.75) is 76.1 Å². The molecule has 39 heavy (non-hydrogen) atoms. The Kier molecular flexibility index (Phi) is 7.66. The summed E-state index contributed by atoms with van der Waals surface area (Å²) in [5.74, 6) is 0.502. The minimum Gasteiger partial charge on any atom is -0.453 e. The first-order valence-electron chi connectivity index (χ1n) is 13.6. The number of nitrogens with zero attached hydrogens (tertiary/aromatic N) is 3. The van der Waals surface area contributed by atoms with Gasteiger partial charge in [-0.1, -0.05) is 36.4 Å². The molecule has 2 amide bonds. The van der Waals surface area contributed by atoms with Crippen LogP contribution in [0.25, 0.3) is 11.0 Å². The number of rotatable bonds is 6. The van der Waals surface area contributed by atoms with Crippen molar-refractivity contribution >= 4 is 33.1 Å². The lowest BCUT2D eigenvalue weighted by Gasteiger charge is -2.29. The number of aromatic nitrogens is 2. The molecule has 1 atom stereocenters. The van der Waals surface area contributed by atoms with Crippen molar-refractivity contribution in [2.24, 2.45) is 0 Å². The predicted octanol–water partition coefficient (Wildman–Crippen LogP) is 4.46. The maximum atomic E-state index is 12.6. The minimum absolute atomic E-state index is 0.0929. The number of benzene rings is 2. The first kappa shape index (κ1) is 27.2. The zero-order valence-corrected chi connectivity index (χ0v) is 23.5. The van der Waals surface area contributed by atoms with Crippen LogP contribution in [-0.4, -0.2) is 53.8 Å². The number of nitrogens with one attached hydrogen (secondary N) is 1. The van der Waals surface area contributed by atoms with Crippen molar-refractivity contribution in [3.8, 4) is 0 Å². The molecule has 1 aromatic heterocycles. The van der Waals surface area contributed by atoms with Gasteiger partial charge in [-0.25, -0.2) is 18.2 Å². The van der Waals surface area contributed by atoms with Gasteiger partial charge in [-0.3, -0.25) is 9.52 Å². The molecule has 0 spiro atoms. The lowest BCUT2D eigenvalue weighted by molar-refractivity contribution is -0.117. The Hall–Kier alpha value is -3.40. The van der Waals surface area contributed by atoms with Crippen molar-refractivity contribution in [2.75, 3.05) is 13.7 Å². The van der Waals surface area contributed by atoms with Crippen LogP contribution in [0.5, 0.6) is 0 Å². The lowest BCUT2D eigenvalue weighted by atomic mass is 9.88. The molecule has 3 aromatic rings. The number of hydrogen-bond donors (Lipinski definition) is 1. The van der Waals surface area contributed by atoms with E-state index in [4.69, 9.17) is 9.72 Å². The highest BCUT2D eigenvalue weighted by Crippen LogP contribution is 2.39. The SMILES string of the molecule is COC(=O)N1CCc2ccc3c(nc([C@H]4CC[C@H](S(=O)(=O)NC(C)=O)CC4)n3[C@H](C)Cc3ccccc3)c2C1. The zero-order valence-electron chi connectivity index (χ0n) is 22.7. The average Bonchev–Trinajstić information content (AvgIpc) is 3.32. The van der Waals surface area contributed by atoms with Gasteiger partial charge in [0.2, 0.25) is 15.9 Å². The van der Waals surface area contributed by atoms with Crippen LogP contribution in [-0.2, 0) is 38.9 Å². The number of fused-ring (bicyclic) bond motifs is 3. The number of carbonyl (C=O) groups excluding carboxylic acids is 2. The smallest absolute Gasteiger partial charge is 0.409 e. The van der Waals surface area contributed by atoms with Gasteiger partial charge in [0.25, 0.3) is 0 Å². The molecule has 0 radical (unpaired) electrons. The number of sulfonamides is 1. The molecule has 1 aliphatic heterocycles. The number of ether oxygens (including phenoxy) is 1. The normalized spacial score (nSPS) is 20.3. The third kappa shape index (κ3) is 5.52. The van der Waals surface area contributed by atoms with Crippen LogP contribution in [0, 0.1) is 0 Å². The largest absolute Gasteiger partial charge is 0.453 e. The van der Waals surface area contributed by atoms with E-state index >= 15 is 0 Å². The highest BCUT2D eigenvalue weighted by Gasteiger charge is 2.35. The highest BCUT2D eigenvalue weighted by atomic mass is 32.2. The van der Waals surface area contributed by atoms with Gasteiger partial charge in [-0.2, -0.15) is 0 Å². The third-order valence-electron chi connectivity index (χ3n) is 8.10. The quantitative estimate of drug-likeness (QED) is 0.484. The Bertz CT molecular complexity index is 1480. The van der Waals surface area contributed by atoms with Crippen molar-refractivity contribution in [3.63, 3.8) is 0 Å². The van der Waals surface area contributed by atoms with E-state index in [1.807, 2.05) is 18.2 Å². The maximum Gasteiger partial charge on any atom is 0.409 e. The molecule has 1 N–H and O–H groups in total. The molecule has 1 aliphatic carbocycles. The zero-order chi connectivity index (χ0) is 27.7. The van der Waals surface area contributed by atoms with E-state index in [9.17, 15) is 18.0 Å². The van der Waals surface area contributed by atoms with Crippen LogP contribution in [0.3, 0.4) is 0 Å². The first-order chi connectivity index (χ1) is 18.7. The molecule has 10 heteroatoms. The van der Waals surface area contributed by atoms with Crippen LogP contribution < -0.4 is 4.72 Å². The summed E-state index contributed by atoms with van der Waals surface area (Å²) in [6.45, 7) is 4.48. The summed E-state index contributed by atoms with van der Waals surface area (Å²) in [5.41, 5.74) is 5.42. The van der Waals surface area contributed by atoms with Gasteiger partial charge in [-0.15, -0.1) is 0 Å². The number of carbonyl (C=O) groups is 2. The second kappa shape index (κ2) is 11.0. The molecule has 0 unspecified atom stereocenters. The molecule has 0 bridgehead atoms. The number of methoxy groups -OCH3 is 1. The summed E-state index contributed by atoms with van der Waals surface area (Å²) in [6, 6.07) is 14.8. The fraction of sp³-hybridized carbons (Fsp3) is 0.483. The maximum absolute atomic E-state index is 12.6. The van der Waals surface area contributed by atoms with Crippen LogP contribution in [0.4, 0.5) is 4.79 Å². The Balaban J connectivity index is 1.52. The molecule has 5 rings (SSSR count). The fourth-order valence-electron chi connectivity index (χ4n) is 6.21. The molecule has 1 saturated carbocycles. The van der Waals surface area contributed by atoms with Gasteiger partial charge in [-0.05, 0) is 62.6 Å². The molecule has 1 fully saturated rings. The van der Waals surface area contributed by atoms with Crippen molar-refractivity contribution in [3.05, 3.63) is 65.0 Å². The molecular weight excluding hydrogens is 516 g/mol. The van der Waals surface area contributed by atoms with Gasteiger partial charge < -0.3 is 14.2 Å². The van der Waals surface area contributed by atoms with Gasteiger partial charge in [0.05, 0.1) is 29.9 Å². The van der Waals surface area contributed by atoms with E-state index in [-0.39, 0.29) is 18.1 Å². The van der Waals surface area contributed by atoms with Crippen LogP contribution in [0.2, 0.25) is 0 Å². The summed E-state index contributed by atoms with van der Waals surface area (Å²) in [5, 5.41) is -0.585. The Morgan fingerprint density at radius 1 is 1.10 bits per heavy atom. The van der Waals surface area contributed by atoms with E-state index in [1.165, 1.54) is 25.2 Å². The highest BCUT2D eigenvalue weighted by molar-refractivity contribution is 7.90. The lowest BCUT2D eigenvalue weighted by Crippen LogP contribution is -2.39. The van der Waals surface area contributed by atoms with Crippen LogP contribution in [0.15, 0.2) is 42.5 Å². The van der Waals surface area contributed by atoms with E-state index in [2.05, 4.69) is 40.5 Å². The Morgan fingerprint density at radius 3 is 2.49 bits per heavy atom. The molecule has 2 aromatic carbocycles. The van der Waals surface area contributed by atoms with E-state index < -0.39 is 21.2 Å². The monoisotopic (exact) mass is 552 g/mol. The molecule has 208 valence electrons. The average molecular weight is 553 g/mol. The molecule has 9 nitrogen and oxygen atoms in total. The van der Waals surface area contributed by atoms with Crippen LogP contribution >= 0.6 is 0 Å². The first-order valence-corrected chi connectivity index (χ1v) is 15.1. The van der Waals surface area contributed by atoms with Gasteiger partial charge >= 0.3 is 6.09 Å². The van der Waals surface area contributed by atoms with Gasteiger partial charge in [0, 0.05) is 31.0 Å². The topological polar surface area (TPSA) is 111 Å². The Labute approximate surface area is 229 Å². The predicted molar refractivity (Wildman–Crippen MR) is 149 cm³/mol. The van der Waals surface area contributed by atoms with E-state index in [1.54, 1.807) is 4.90 Å². The summed E-state index contributed by atoms with van der Waals surface area (Å²) in [4.78, 5) is 30.7. The number of imidazole rings is 1. The minimum atomic E-state index is -3.68. The third-order valence-corrected chi connectivity index (χ3v) is 10.0. The summed E-state index contributed by atoms with van der Waals surface area (Å²) >= 11 is 0. The summed E-state index contributed by atoms with van der Waals surface area (Å²) in [6.07, 6.45) is 3.51. The summed E-state index contributed by atoms with van der Waals surface area (Å²) in [7, 11) is -2.28. The van der Waals surface area contributed by atoms with Crippen molar-refractivity contribution in [1.29, 1.82) is 0 Å². The van der Waals surface area contributed by atoms with Crippen LogP contribution in [0.1, 0.15) is 74.0 Å². The van der Waals surface area contributed by atoms with Crippen molar-refractivity contribution < 1.29 is 22.7 Å². The molecular formula is C29H36N4O5S. The molecule has 2 aliphatic rings. The fourth-order valence-corrected chi connectivity index (χ4v) is 7.67. The van der Waals surface area contributed by atoms with Gasteiger partial charge in [0.15, 0.2) is 0 Å². The second-order valence-electron chi connectivity index (χ2n) is 10.8. The number of hydrogen-bond acceptors (Lipinski definition) is 6. The standard InChI is InChI=1S/C29H36N4O5S/c1-19(17-21-7-5-4-6-8-21)33-26-14-11-22-15-16-32(29(35)38-3)18-25(22)27(26)30-28(33)23-9-12-24(13-10-23)39(36,37)31-20(2)34/h4-8,11,14,19,23-24H,9-10,12-13,15-18H2,1-3H3,(H,31,34)/t19-,23-,24-/m1/s1. The van der Waals surface area contributed by atoms with E-state index in [0.29, 0.717) is 38.8 Å². The Morgan fingerprint density at radius 2 is 1.82 bits per heavy atom.